The molecular weight excluding hydrogens is 557 g/mol. The smallest absolute Gasteiger partial charge is 0.243 e. The fourth-order valence-corrected chi connectivity index (χ4v) is 4.47. The van der Waals surface area contributed by atoms with Gasteiger partial charge in [-0.15, -0.1) is 0 Å². The molecule has 0 saturated carbocycles. The number of likely N-dealkylation sites (N-methyl/N-ethyl adjacent to an activating group) is 1. The van der Waals surface area contributed by atoms with Crippen LogP contribution in [0.4, 0.5) is 4.39 Å². The number of benzene rings is 2. The highest BCUT2D eigenvalue weighted by Crippen LogP contribution is 2.21. The molecule has 0 saturated heterocycles. The summed E-state index contributed by atoms with van der Waals surface area (Å²) < 4.78 is 19.1. The molecule has 0 radical (unpaired) electrons. The quantitative estimate of drug-likeness (QED) is 0.405. The summed E-state index contributed by atoms with van der Waals surface area (Å²) >= 11 is 0. The Morgan fingerprint density at radius 2 is 1.73 bits per heavy atom. The summed E-state index contributed by atoms with van der Waals surface area (Å²) in [6.07, 6.45) is 3.89. The van der Waals surface area contributed by atoms with Crippen molar-refractivity contribution in [3.63, 3.8) is 0 Å². The van der Waals surface area contributed by atoms with Crippen molar-refractivity contribution >= 4 is 11.8 Å². The van der Waals surface area contributed by atoms with Crippen LogP contribution in [-0.4, -0.2) is 82.2 Å². The molecule has 0 spiro atoms. The molecule has 44 heavy (non-hydrogen) atoms. The second-order valence-corrected chi connectivity index (χ2v) is 11.9. The van der Waals surface area contributed by atoms with Gasteiger partial charge in [-0.3, -0.25) is 9.59 Å². The number of para-hydroxylation sites is 1. The number of hydrogen-bond acceptors (Lipinski definition) is 6. The zero-order valence-corrected chi connectivity index (χ0v) is 28.4. The van der Waals surface area contributed by atoms with Gasteiger partial charge in [-0.25, -0.2) is 4.39 Å². The highest BCUT2D eigenvalue weighted by molar-refractivity contribution is 5.88. The van der Waals surface area contributed by atoms with Gasteiger partial charge < -0.3 is 30.9 Å². The number of ether oxygens (including phenoxy) is 1. The number of fused-ring (bicyclic) bond motifs is 1. The van der Waals surface area contributed by atoms with Gasteiger partial charge in [0.05, 0.1) is 6.54 Å². The summed E-state index contributed by atoms with van der Waals surface area (Å²) in [6.45, 7) is 15.5. The minimum atomic E-state index is -0.589. The number of rotatable bonds is 4. The second kappa shape index (κ2) is 22.5. The van der Waals surface area contributed by atoms with Gasteiger partial charge in [-0.05, 0) is 75.5 Å². The van der Waals surface area contributed by atoms with Crippen LogP contribution in [0.15, 0.2) is 42.5 Å². The normalized spacial score (nSPS) is 20.2. The molecule has 1 aliphatic heterocycles. The Labute approximate surface area is 265 Å². The average Bonchev–Trinajstić information content (AvgIpc) is 2.96. The van der Waals surface area contributed by atoms with Crippen molar-refractivity contribution in [2.75, 3.05) is 53.4 Å². The van der Waals surface area contributed by atoms with E-state index in [2.05, 4.69) is 62.0 Å². The lowest BCUT2D eigenvalue weighted by molar-refractivity contribution is -0.129. The Kier molecular flexibility index (Phi) is 19.9. The van der Waals surface area contributed by atoms with Crippen LogP contribution in [0.1, 0.15) is 64.2 Å². The maximum atomic E-state index is 13.0. The maximum Gasteiger partial charge on any atom is 0.243 e. The fourth-order valence-electron chi connectivity index (χ4n) is 4.47. The number of aryl methyl sites for hydroxylation is 2. The van der Waals surface area contributed by atoms with E-state index in [9.17, 15) is 14.0 Å². The molecule has 1 aliphatic rings. The highest BCUT2D eigenvalue weighted by atomic mass is 19.1. The first-order valence-electron chi connectivity index (χ1n) is 16.1. The summed E-state index contributed by atoms with van der Waals surface area (Å²) in [6, 6.07) is 13.1. The lowest BCUT2D eigenvalue weighted by atomic mass is 10.00. The molecule has 0 fully saturated rings. The van der Waals surface area contributed by atoms with Crippen molar-refractivity contribution in [1.82, 2.24) is 26.2 Å². The molecule has 2 amide bonds. The molecular formula is C35H58FN5O3. The Morgan fingerprint density at radius 3 is 2.39 bits per heavy atom. The van der Waals surface area contributed by atoms with Crippen molar-refractivity contribution in [3.05, 3.63) is 65.0 Å². The summed E-state index contributed by atoms with van der Waals surface area (Å²) in [5.74, 6) is 0.709. The van der Waals surface area contributed by atoms with Crippen LogP contribution < -0.4 is 26.0 Å². The molecule has 248 valence electrons. The minimum Gasteiger partial charge on any atom is -0.492 e. The topological polar surface area (TPSA) is 94.7 Å². The fraction of sp³-hybridized carbons (Fsp3) is 0.600. The summed E-state index contributed by atoms with van der Waals surface area (Å²) in [4.78, 5) is 26.9. The number of carbonyl (C=O) groups excluding carboxylic acids is 2. The first kappa shape index (κ1) is 39.0. The van der Waals surface area contributed by atoms with Crippen LogP contribution in [-0.2, 0) is 22.4 Å². The SMILES string of the molecule is CC1CNC(=O)C(CN(C)C)NC(=O)CNCCN[C@@H](C)COc2ccccc2C1.CCC.CCCc1ccc(C)cc1F. The van der Waals surface area contributed by atoms with Gasteiger partial charge in [-0.2, -0.15) is 0 Å². The van der Waals surface area contributed by atoms with Crippen LogP contribution in [0, 0.1) is 18.7 Å². The maximum absolute atomic E-state index is 13.0. The van der Waals surface area contributed by atoms with E-state index < -0.39 is 6.04 Å². The van der Waals surface area contributed by atoms with Crippen molar-refractivity contribution in [2.24, 2.45) is 5.92 Å². The zero-order chi connectivity index (χ0) is 32.9. The van der Waals surface area contributed by atoms with Crippen LogP contribution in [0.3, 0.4) is 0 Å². The largest absolute Gasteiger partial charge is 0.492 e. The predicted molar refractivity (Wildman–Crippen MR) is 180 cm³/mol. The monoisotopic (exact) mass is 615 g/mol. The van der Waals surface area contributed by atoms with Gasteiger partial charge >= 0.3 is 0 Å². The number of nitrogens with zero attached hydrogens (tertiary/aromatic N) is 1. The number of amides is 2. The van der Waals surface area contributed by atoms with E-state index in [0.717, 1.165) is 48.2 Å². The van der Waals surface area contributed by atoms with E-state index in [1.807, 2.05) is 56.3 Å². The minimum absolute atomic E-state index is 0.0631. The molecule has 9 heteroatoms. The van der Waals surface area contributed by atoms with Gasteiger partial charge in [0.25, 0.3) is 0 Å². The zero-order valence-electron chi connectivity index (χ0n) is 28.4. The molecule has 8 nitrogen and oxygen atoms in total. The Balaban J connectivity index is 0.000000571. The van der Waals surface area contributed by atoms with E-state index in [-0.39, 0.29) is 36.1 Å². The second-order valence-electron chi connectivity index (χ2n) is 11.9. The van der Waals surface area contributed by atoms with Gasteiger partial charge in [0.2, 0.25) is 11.8 Å². The number of nitrogens with one attached hydrogen (secondary N) is 4. The first-order chi connectivity index (χ1) is 21.0. The molecule has 2 aromatic carbocycles. The average molecular weight is 616 g/mol. The van der Waals surface area contributed by atoms with Crippen molar-refractivity contribution in [3.8, 4) is 5.75 Å². The third-order valence-electron chi connectivity index (χ3n) is 6.66. The molecule has 2 aromatic rings. The van der Waals surface area contributed by atoms with E-state index in [1.54, 1.807) is 6.07 Å². The third kappa shape index (κ3) is 16.7. The number of carbonyl (C=O) groups is 2. The Bertz CT molecular complexity index is 1100. The van der Waals surface area contributed by atoms with Gasteiger partial charge in [-0.1, -0.05) is 70.9 Å². The molecule has 2 unspecified atom stereocenters. The van der Waals surface area contributed by atoms with Crippen LogP contribution in [0.5, 0.6) is 5.75 Å². The van der Waals surface area contributed by atoms with Crippen molar-refractivity contribution in [2.45, 2.75) is 79.3 Å². The summed E-state index contributed by atoms with van der Waals surface area (Å²) in [7, 11) is 3.77. The third-order valence-corrected chi connectivity index (χ3v) is 6.66. The molecule has 4 N–H and O–H groups in total. The Hall–Kier alpha value is -3.01. The molecule has 0 bridgehead atoms. The standard InChI is InChI=1S/C22H37N5O3.C10H13F.C3H8/c1-16-11-18-7-5-6-8-20(18)30-15-17(2)24-10-9-23-13-21(28)26-19(14-27(3)4)22(29)25-12-16;1-3-4-9-6-5-8(2)7-10(9)11;1-3-2/h5-8,16-17,19,23-24H,9-15H2,1-4H3,(H,25,29)(H,26,28);5-7H,3-4H2,1-2H3;3H2,1-2H3/t16?,17-,19?;;/m0../s1. The van der Waals surface area contributed by atoms with E-state index in [4.69, 9.17) is 4.74 Å². The lowest BCUT2D eigenvalue weighted by Crippen LogP contribution is -2.54. The van der Waals surface area contributed by atoms with Crippen molar-refractivity contribution in [1.29, 1.82) is 0 Å². The summed E-state index contributed by atoms with van der Waals surface area (Å²) in [5, 5.41) is 12.3. The van der Waals surface area contributed by atoms with Gasteiger partial charge in [0, 0.05) is 32.2 Å². The summed E-state index contributed by atoms with van der Waals surface area (Å²) in [5.41, 5.74) is 2.95. The van der Waals surface area contributed by atoms with Crippen LogP contribution >= 0.6 is 0 Å². The first-order valence-corrected chi connectivity index (χ1v) is 16.1. The Morgan fingerprint density at radius 1 is 1.02 bits per heavy atom. The number of halogens is 1. The van der Waals surface area contributed by atoms with E-state index in [0.29, 0.717) is 26.2 Å². The van der Waals surface area contributed by atoms with E-state index in [1.165, 1.54) is 6.42 Å². The molecule has 0 aromatic heterocycles. The van der Waals surface area contributed by atoms with Crippen LogP contribution in [0.25, 0.3) is 0 Å². The van der Waals surface area contributed by atoms with E-state index >= 15 is 0 Å². The molecule has 3 atom stereocenters. The predicted octanol–water partition coefficient (Wildman–Crippen LogP) is 4.49. The van der Waals surface area contributed by atoms with Gasteiger partial charge in [0.15, 0.2) is 0 Å². The lowest BCUT2D eigenvalue weighted by Gasteiger charge is -2.23. The van der Waals surface area contributed by atoms with Crippen LogP contribution in [0.2, 0.25) is 0 Å². The van der Waals surface area contributed by atoms with Crippen molar-refractivity contribution < 1.29 is 18.7 Å². The highest BCUT2D eigenvalue weighted by Gasteiger charge is 2.22. The molecule has 0 aliphatic carbocycles. The molecule has 3 rings (SSSR count). The van der Waals surface area contributed by atoms with Gasteiger partial charge in [0.1, 0.15) is 24.2 Å². The number of hydrogen-bond donors (Lipinski definition) is 4. The molecule has 1 heterocycles.